The molecule has 2 atom stereocenters. The zero-order valence-electron chi connectivity index (χ0n) is 16.2. The maximum absolute atomic E-state index is 12.9. The van der Waals surface area contributed by atoms with Crippen molar-refractivity contribution in [1.29, 1.82) is 0 Å². The van der Waals surface area contributed by atoms with E-state index in [1.165, 1.54) is 35.3 Å². The van der Waals surface area contributed by atoms with Crippen LogP contribution in [0.2, 0.25) is 0 Å². The zero-order chi connectivity index (χ0) is 18.6. The highest BCUT2D eigenvalue weighted by molar-refractivity contribution is 5.77. The Bertz CT molecular complexity index is 771. The SMILES string of the molecule is C[NH+](CC(=O)N1CCN(c2cccc[nH+]2)CC1)[C@@H]1CCCc2ccccc21. The highest BCUT2D eigenvalue weighted by Crippen LogP contribution is 2.27. The third-order valence-corrected chi connectivity index (χ3v) is 6.06. The van der Waals surface area contributed by atoms with Gasteiger partial charge in [0.1, 0.15) is 19.1 Å². The van der Waals surface area contributed by atoms with Gasteiger partial charge in [-0.15, -0.1) is 0 Å². The number of pyridine rings is 1. The summed E-state index contributed by atoms with van der Waals surface area (Å²) >= 11 is 0. The van der Waals surface area contributed by atoms with Crippen LogP contribution in [0.4, 0.5) is 5.82 Å². The van der Waals surface area contributed by atoms with Crippen molar-refractivity contribution >= 4 is 11.7 Å². The van der Waals surface area contributed by atoms with E-state index in [0.717, 1.165) is 32.0 Å². The summed E-state index contributed by atoms with van der Waals surface area (Å²) in [7, 11) is 2.18. The molecule has 0 spiro atoms. The number of amides is 1. The number of nitrogens with one attached hydrogen (secondary N) is 2. The Morgan fingerprint density at radius 3 is 2.67 bits per heavy atom. The van der Waals surface area contributed by atoms with Gasteiger partial charge in [-0.25, -0.2) is 4.98 Å². The molecule has 2 aliphatic rings. The number of fused-ring (bicyclic) bond motifs is 1. The third-order valence-electron chi connectivity index (χ3n) is 6.06. The fourth-order valence-electron chi connectivity index (χ4n) is 4.52. The lowest BCUT2D eigenvalue weighted by atomic mass is 9.87. The Morgan fingerprint density at radius 1 is 1.11 bits per heavy atom. The van der Waals surface area contributed by atoms with E-state index in [2.05, 4.69) is 47.3 Å². The molecule has 0 saturated carbocycles. The van der Waals surface area contributed by atoms with Crippen LogP contribution in [0.3, 0.4) is 0 Å². The smallest absolute Gasteiger partial charge is 0.278 e. The molecule has 1 aromatic carbocycles. The lowest BCUT2D eigenvalue weighted by Gasteiger charge is -2.34. The first kappa shape index (κ1) is 18.0. The molecular formula is C22H30N4O+2. The Hall–Kier alpha value is -2.40. The van der Waals surface area contributed by atoms with Gasteiger partial charge in [-0.1, -0.05) is 30.3 Å². The number of aromatic nitrogens is 1. The summed E-state index contributed by atoms with van der Waals surface area (Å²) in [6, 6.07) is 15.3. The van der Waals surface area contributed by atoms with Gasteiger partial charge in [-0.2, -0.15) is 0 Å². The number of anilines is 1. The minimum Gasteiger partial charge on any atom is -0.330 e. The number of hydrogen-bond acceptors (Lipinski definition) is 2. The van der Waals surface area contributed by atoms with E-state index in [1.54, 1.807) is 0 Å². The molecule has 1 aromatic heterocycles. The van der Waals surface area contributed by atoms with Gasteiger partial charge in [0.25, 0.3) is 11.7 Å². The monoisotopic (exact) mass is 366 g/mol. The first-order chi connectivity index (χ1) is 13.2. The second-order valence-electron chi connectivity index (χ2n) is 7.78. The number of quaternary nitrogens is 1. The minimum absolute atomic E-state index is 0.284. The predicted octanol–water partition coefficient (Wildman–Crippen LogP) is 0.742. The molecule has 1 fully saturated rings. The molecule has 2 heterocycles. The molecule has 1 unspecified atom stereocenters. The van der Waals surface area contributed by atoms with Crippen LogP contribution in [-0.2, 0) is 11.2 Å². The average Bonchev–Trinajstić information content (AvgIpc) is 2.74. The molecule has 2 aromatic rings. The Kier molecular flexibility index (Phi) is 5.39. The van der Waals surface area contributed by atoms with E-state index in [0.29, 0.717) is 12.6 Å². The van der Waals surface area contributed by atoms with Crippen molar-refractivity contribution in [2.45, 2.75) is 25.3 Å². The van der Waals surface area contributed by atoms with Crippen LogP contribution in [0.25, 0.3) is 0 Å². The molecule has 142 valence electrons. The van der Waals surface area contributed by atoms with Gasteiger partial charge in [-0.05, 0) is 24.5 Å². The van der Waals surface area contributed by atoms with Crippen LogP contribution < -0.4 is 14.8 Å². The van der Waals surface area contributed by atoms with Crippen molar-refractivity contribution in [2.75, 3.05) is 44.7 Å². The van der Waals surface area contributed by atoms with Crippen LogP contribution in [-0.4, -0.2) is 50.6 Å². The summed E-state index contributed by atoms with van der Waals surface area (Å²) < 4.78 is 0. The molecule has 0 radical (unpaired) electrons. The number of benzene rings is 1. The predicted molar refractivity (Wildman–Crippen MR) is 106 cm³/mol. The maximum atomic E-state index is 12.9. The van der Waals surface area contributed by atoms with E-state index >= 15 is 0 Å². The third kappa shape index (κ3) is 3.98. The van der Waals surface area contributed by atoms with Crippen molar-refractivity contribution in [3.63, 3.8) is 0 Å². The van der Waals surface area contributed by atoms with Crippen LogP contribution in [0, 0.1) is 0 Å². The number of carbonyl (C=O) groups is 1. The van der Waals surface area contributed by atoms with Crippen LogP contribution in [0.1, 0.15) is 30.0 Å². The summed E-state index contributed by atoms with van der Waals surface area (Å²) in [4.78, 5) is 21.9. The van der Waals surface area contributed by atoms with Crippen molar-refractivity contribution in [1.82, 2.24) is 4.90 Å². The number of aryl methyl sites for hydroxylation is 1. The van der Waals surface area contributed by atoms with Crippen LogP contribution in [0.5, 0.6) is 0 Å². The van der Waals surface area contributed by atoms with Gasteiger partial charge in [-0.3, -0.25) is 9.69 Å². The van der Waals surface area contributed by atoms with E-state index in [1.807, 2.05) is 23.2 Å². The number of likely N-dealkylation sites (N-methyl/N-ethyl adjacent to an activating group) is 1. The van der Waals surface area contributed by atoms with E-state index in [9.17, 15) is 4.79 Å². The fourth-order valence-corrected chi connectivity index (χ4v) is 4.52. The molecule has 1 aliphatic heterocycles. The van der Waals surface area contributed by atoms with Crippen molar-refractivity contribution in [3.05, 3.63) is 59.8 Å². The lowest BCUT2D eigenvalue weighted by Crippen LogP contribution is -3.10. The molecular weight excluding hydrogens is 336 g/mol. The number of carbonyl (C=O) groups excluding carboxylic acids is 1. The second kappa shape index (κ2) is 8.09. The number of piperazine rings is 1. The summed E-state index contributed by atoms with van der Waals surface area (Å²) in [5.74, 6) is 1.42. The first-order valence-electron chi connectivity index (χ1n) is 10.1. The van der Waals surface area contributed by atoms with Crippen molar-refractivity contribution < 1.29 is 14.7 Å². The van der Waals surface area contributed by atoms with Crippen LogP contribution in [0.15, 0.2) is 48.7 Å². The number of rotatable bonds is 4. The molecule has 5 nitrogen and oxygen atoms in total. The second-order valence-corrected chi connectivity index (χ2v) is 7.78. The highest BCUT2D eigenvalue weighted by Gasteiger charge is 2.31. The Balaban J connectivity index is 1.34. The normalized spacial score (nSPS) is 20.9. The van der Waals surface area contributed by atoms with Crippen LogP contribution >= 0.6 is 0 Å². The van der Waals surface area contributed by atoms with Gasteiger partial charge in [0.2, 0.25) is 0 Å². The minimum atomic E-state index is 0.284. The molecule has 1 saturated heterocycles. The Labute approximate surface area is 161 Å². The highest BCUT2D eigenvalue weighted by atomic mass is 16.2. The largest absolute Gasteiger partial charge is 0.330 e. The van der Waals surface area contributed by atoms with Gasteiger partial charge in [0, 0.05) is 18.1 Å². The maximum Gasteiger partial charge on any atom is 0.278 e. The van der Waals surface area contributed by atoms with E-state index < -0.39 is 0 Å². The molecule has 2 N–H and O–H groups in total. The average molecular weight is 367 g/mol. The topological polar surface area (TPSA) is 42.1 Å². The fraction of sp³-hybridized carbons (Fsp3) is 0.455. The lowest BCUT2D eigenvalue weighted by molar-refractivity contribution is -0.905. The zero-order valence-corrected chi connectivity index (χ0v) is 16.2. The summed E-state index contributed by atoms with van der Waals surface area (Å²) in [5.41, 5.74) is 2.91. The molecule has 1 amide bonds. The number of aromatic amines is 1. The van der Waals surface area contributed by atoms with Crippen molar-refractivity contribution in [2.24, 2.45) is 0 Å². The molecule has 1 aliphatic carbocycles. The number of H-pyrrole nitrogens is 1. The molecule has 4 rings (SSSR count). The first-order valence-corrected chi connectivity index (χ1v) is 10.1. The standard InChI is InChI=1S/C22H28N4O/c1-24(20-10-6-8-18-7-2-3-9-19(18)20)17-22(27)26-15-13-25(14-16-26)21-11-4-5-12-23-21/h2-5,7,9,11-12,20H,6,8,10,13-17H2,1H3/p+2/t20-/m1/s1. The van der Waals surface area contributed by atoms with Gasteiger partial charge in [0.05, 0.1) is 26.3 Å². The summed E-state index contributed by atoms with van der Waals surface area (Å²) in [6.07, 6.45) is 5.52. The molecule has 27 heavy (non-hydrogen) atoms. The van der Waals surface area contributed by atoms with Crippen molar-refractivity contribution in [3.8, 4) is 0 Å². The quantitative estimate of drug-likeness (QED) is 0.867. The number of hydrogen-bond donors (Lipinski definition) is 1. The molecule has 0 bridgehead atoms. The number of nitrogens with zero attached hydrogens (tertiary/aromatic N) is 2. The van der Waals surface area contributed by atoms with Gasteiger partial charge >= 0.3 is 0 Å². The summed E-state index contributed by atoms with van der Waals surface area (Å²) in [6.45, 7) is 3.96. The van der Waals surface area contributed by atoms with E-state index in [4.69, 9.17) is 0 Å². The van der Waals surface area contributed by atoms with E-state index in [-0.39, 0.29) is 5.91 Å². The van der Waals surface area contributed by atoms with Gasteiger partial charge in [0.15, 0.2) is 6.54 Å². The summed E-state index contributed by atoms with van der Waals surface area (Å²) in [5, 5.41) is 0. The Morgan fingerprint density at radius 2 is 1.89 bits per heavy atom. The molecule has 5 heteroatoms. The van der Waals surface area contributed by atoms with Gasteiger partial charge < -0.3 is 9.80 Å².